The van der Waals surface area contributed by atoms with Crippen LogP contribution in [-0.4, -0.2) is 56.3 Å². The van der Waals surface area contributed by atoms with Crippen LogP contribution in [0.5, 0.6) is 5.75 Å². The van der Waals surface area contributed by atoms with E-state index in [0.717, 1.165) is 45.3 Å². The summed E-state index contributed by atoms with van der Waals surface area (Å²) >= 11 is 8.15. The molecule has 40 heavy (non-hydrogen) atoms. The van der Waals surface area contributed by atoms with Crippen molar-refractivity contribution in [1.82, 2.24) is 24.8 Å². The van der Waals surface area contributed by atoms with Crippen LogP contribution in [0.15, 0.2) is 61.1 Å². The molecule has 4 aromatic rings. The van der Waals surface area contributed by atoms with Gasteiger partial charge in [-0.15, -0.1) is 11.3 Å². The molecule has 8 nitrogen and oxygen atoms in total. The summed E-state index contributed by atoms with van der Waals surface area (Å²) in [6.07, 6.45) is 7.69. The monoisotopic (exact) mass is 576 g/mol. The predicted octanol–water partition coefficient (Wildman–Crippen LogP) is 6.23. The van der Waals surface area contributed by atoms with E-state index in [1.807, 2.05) is 47.4 Å². The van der Waals surface area contributed by atoms with Crippen LogP contribution in [0, 0.1) is 0 Å². The molecule has 0 saturated heterocycles. The van der Waals surface area contributed by atoms with Crippen LogP contribution in [-0.2, 0) is 24.4 Å². The van der Waals surface area contributed by atoms with Crippen LogP contribution < -0.4 is 10.1 Å². The second-order valence-electron chi connectivity index (χ2n) is 10.7. The number of carbonyl (C=O) groups excluding carboxylic acids is 1. The number of fused-ring (bicyclic) bond motifs is 3. The minimum atomic E-state index is 0.0369. The number of nitrogens with zero attached hydrogens (tertiary/aromatic N) is 5. The standard InChI is InChI=1S/C30H33ClN6O2S/c1-30(2,3)36(4)14-7-9-26(38)37-15-12-22-25(17-37)40-29-27(22)28(33-19-34-29)35-20-10-11-24(23(31)16-20)39-18-21-8-5-6-13-32-21/h5-11,13,16,19H,12,14-15,17-18H2,1-4H3,(H,33,34,35). The Morgan fingerprint density at radius 1 is 1.23 bits per heavy atom. The molecule has 1 N–H and O–H groups in total. The molecule has 0 radical (unpaired) electrons. The van der Waals surface area contributed by atoms with E-state index in [1.165, 1.54) is 5.56 Å². The number of benzene rings is 1. The second-order valence-corrected chi connectivity index (χ2v) is 12.2. The van der Waals surface area contributed by atoms with Crippen molar-refractivity contribution in [2.75, 3.05) is 25.5 Å². The summed E-state index contributed by atoms with van der Waals surface area (Å²) in [5.74, 6) is 1.35. The summed E-state index contributed by atoms with van der Waals surface area (Å²) in [4.78, 5) is 32.4. The molecule has 208 valence electrons. The molecule has 1 amide bonds. The van der Waals surface area contributed by atoms with Gasteiger partial charge in [0.05, 0.1) is 22.6 Å². The summed E-state index contributed by atoms with van der Waals surface area (Å²) in [5.41, 5.74) is 2.88. The van der Waals surface area contributed by atoms with Crippen molar-refractivity contribution in [3.8, 4) is 5.75 Å². The third-order valence-electron chi connectivity index (χ3n) is 7.03. The number of amides is 1. The quantitative estimate of drug-likeness (QED) is 0.249. The topological polar surface area (TPSA) is 83.5 Å². The first-order valence-electron chi connectivity index (χ1n) is 13.2. The van der Waals surface area contributed by atoms with Gasteiger partial charge in [-0.2, -0.15) is 0 Å². The van der Waals surface area contributed by atoms with Crippen LogP contribution in [0.1, 0.15) is 36.9 Å². The van der Waals surface area contributed by atoms with Crippen LogP contribution in [0.4, 0.5) is 11.5 Å². The third-order valence-corrected chi connectivity index (χ3v) is 8.45. The molecule has 0 unspecified atom stereocenters. The zero-order valence-corrected chi connectivity index (χ0v) is 24.7. The van der Waals surface area contributed by atoms with Gasteiger partial charge in [0.15, 0.2) is 0 Å². The molecule has 0 atom stereocenters. The number of nitrogens with one attached hydrogen (secondary N) is 1. The third kappa shape index (κ3) is 6.43. The lowest BCUT2D eigenvalue weighted by atomic mass is 10.0. The van der Waals surface area contributed by atoms with Crippen molar-refractivity contribution in [2.24, 2.45) is 0 Å². The smallest absolute Gasteiger partial charge is 0.246 e. The van der Waals surface area contributed by atoms with Crippen molar-refractivity contribution in [3.05, 3.63) is 82.2 Å². The number of hydrogen-bond acceptors (Lipinski definition) is 8. The summed E-state index contributed by atoms with van der Waals surface area (Å²) in [6, 6.07) is 11.3. The van der Waals surface area contributed by atoms with Crippen LogP contribution in [0.2, 0.25) is 5.02 Å². The molecule has 3 aromatic heterocycles. The summed E-state index contributed by atoms with van der Waals surface area (Å²) < 4.78 is 5.85. The Labute approximate surface area is 243 Å². The molecular formula is C30H33ClN6O2S. The Hall–Kier alpha value is -3.53. The highest BCUT2D eigenvalue weighted by Crippen LogP contribution is 2.39. The van der Waals surface area contributed by atoms with Gasteiger partial charge in [0, 0.05) is 41.5 Å². The number of ether oxygens (including phenoxy) is 1. The van der Waals surface area contributed by atoms with Gasteiger partial charge < -0.3 is 15.0 Å². The van der Waals surface area contributed by atoms with E-state index in [0.29, 0.717) is 30.5 Å². The number of anilines is 2. The molecule has 0 saturated carbocycles. The van der Waals surface area contributed by atoms with Crippen molar-refractivity contribution in [1.29, 1.82) is 0 Å². The predicted molar refractivity (Wildman–Crippen MR) is 161 cm³/mol. The van der Waals surface area contributed by atoms with E-state index >= 15 is 0 Å². The van der Waals surface area contributed by atoms with Gasteiger partial charge >= 0.3 is 0 Å². The van der Waals surface area contributed by atoms with Crippen LogP contribution >= 0.6 is 22.9 Å². The van der Waals surface area contributed by atoms with Crippen molar-refractivity contribution in [2.45, 2.75) is 45.9 Å². The molecule has 10 heteroatoms. The zero-order valence-electron chi connectivity index (χ0n) is 23.1. The van der Waals surface area contributed by atoms with Crippen molar-refractivity contribution in [3.63, 3.8) is 0 Å². The average molecular weight is 577 g/mol. The van der Waals surface area contributed by atoms with Crippen molar-refractivity contribution < 1.29 is 9.53 Å². The summed E-state index contributed by atoms with van der Waals surface area (Å²) in [5, 5.41) is 4.91. The van der Waals surface area contributed by atoms with Gasteiger partial charge in [-0.3, -0.25) is 14.7 Å². The highest BCUT2D eigenvalue weighted by Gasteiger charge is 2.26. The van der Waals surface area contributed by atoms with E-state index in [9.17, 15) is 4.79 Å². The van der Waals surface area contributed by atoms with Gasteiger partial charge in [-0.25, -0.2) is 9.97 Å². The highest BCUT2D eigenvalue weighted by atomic mass is 35.5. The maximum atomic E-state index is 12.9. The Balaban J connectivity index is 1.28. The Bertz CT molecular complexity index is 1530. The SMILES string of the molecule is CN(CC=CC(=O)N1CCc2c(sc3ncnc(Nc4ccc(OCc5ccccn5)c(Cl)c4)c23)C1)C(C)(C)C. The van der Waals surface area contributed by atoms with Crippen LogP contribution in [0.3, 0.4) is 0 Å². The van der Waals surface area contributed by atoms with Gasteiger partial charge in [-0.1, -0.05) is 23.7 Å². The van der Waals surface area contributed by atoms with E-state index < -0.39 is 0 Å². The lowest BCUT2D eigenvalue weighted by Gasteiger charge is -2.31. The minimum absolute atomic E-state index is 0.0369. The molecule has 4 heterocycles. The van der Waals surface area contributed by atoms with E-state index in [4.69, 9.17) is 16.3 Å². The number of thiophene rings is 1. The molecule has 0 aliphatic carbocycles. The number of aromatic nitrogens is 3. The van der Waals surface area contributed by atoms with Gasteiger partial charge in [-0.05, 0) is 70.1 Å². The van der Waals surface area contributed by atoms with E-state index in [-0.39, 0.29) is 11.4 Å². The van der Waals surface area contributed by atoms with E-state index in [2.05, 4.69) is 53.0 Å². The first-order valence-corrected chi connectivity index (χ1v) is 14.4. The fourth-order valence-corrected chi connectivity index (χ4v) is 5.81. The molecule has 1 aliphatic rings. The Morgan fingerprint density at radius 3 is 2.83 bits per heavy atom. The molecule has 0 spiro atoms. The maximum absolute atomic E-state index is 12.9. The molecule has 1 aromatic carbocycles. The van der Waals surface area contributed by atoms with Gasteiger partial charge in [0.1, 0.15) is 29.3 Å². The molecule has 0 fully saturated rings. The second kappa shape index (κ2) is 11.9. The Morgan fingerprint density at radius 2 is 2.08 bits per heavy atom. The molecule has 1 aliphatic heterocycles. The first-order chi connectivity index (χ1) is 19.2. The van der Waals surface area contributed by atoms with E-state index in [1.54, 1.807) is 29.9 Å². The fourth-order valence-electron chi connectivity index (χ4n) is 4.37. The fraction of sp³-hybridized carbons (Fsp3) is 0.333. The maximum Gasteiger partial charge on any atom is 0.246 e. The lowest BCUT2D eigenvalue weighted by molar-refractivity contribution is -0.126. The zero-order chi connectivity index (χ0) is 28.3. The number of carbonyl (C=O) groups is 1. The number of hydrogen-bond donors (Lipinski definition) is 1. The normalized spacial score (nSPS) is 13.7. The highest BCUT2D eigenvalue weighted by molar-refractivity contribution is 7.19. The minimum Gasteiger partial charge on any atom is -0.486 e. The number of pyridine rings is 1. The number of rotatable bonds is 8. The number of halogens is 1. The van der Waals surface area contributed by atoms with Crippen molar-refractivity contribution >= 4 is 50.6 Å². The Kier molecular flexibility index (Phi) is 8.35. The largest absolute Gasteiger partial charge is 0.486 e. The summed E-state index contributed by atoms with van der Waals surface area (Å²) in [7, 11) is 2.06. The van der Waals surface area contributed by atoms with Gasteiger partial charge in [0.2, 0.25) is 5.91 Å². The molecule has 0 bridgehead atoms. The lowest BCUT2D eigenvalue weighted by Crippen LogP contribution is -2.38. The summed E-state index contributed by atoms with van der Waals surface area (Å²) in [6.45, 7) is 8.76. The number of likely N-dealkylation sites (N-methyl/N-ethyl adjacent to an activating group) is 1. The van der Waals surface area contributed by atoms with Gasteiger partial charge in [0.25, 0.3) is 0 Å². The molecular weight excluding hydrogens is 544 g/mol. The first kappa shape index (κ1) is 28.0. The average Bonchev–Trinajstić information content (AvgIpc) is 3.31. The van der Waals surface area contributed by atoms with Crippen LogP contribution in [0.25, 0.3) is 10.2 Å². The molecule has 5 rings (SSSR count).